The number of carboxylic acids is 1. The molecule has 1 aliphatic carbocycles. The maximum absolute atomic E-state index is 12.9. The number of rotatable bonds is 7. The topological polar surface area (TPSA) is 98.7 Å². The van der Waals surface area contributed by atoms with E-state index in [9.17, 15) is 22.8 Å². The number of benzene rings is 2. The molecule has 0 aromatic heterocycles. The van der Waals surface area contributed by atoms with Gasteiger partial charge in [0.25, 0.3) is 5.91 Å². The van der Waals surface area contributed by atoms with Gasteiger partial charge in [0, 0.05) is 24.4 Å². The fraction of sp³-hybridized carbons (Fsp3) is 0.393. The molecule has 4 atom stereocenters. The van der Waals surface area contributed by atoms with Crippen molar-refractivity contribution in [2.24, 2.45) is 11.8 Å². The molecule has 3 N–H and O–H groups in total. The van der Waals surface area contributed by atoms with Crippen LogP contribution in [0.4, 0.5) is 18.9 Å². The summed E-state index contributed by atoms with van der Waals surface area (Å²) in [6.07, 6.45) is 2.09. The molecule has 2 fully saturated rings. The number of nitrogens with one attached hydrogen (secondary N) is 2. The molecule has 2 heterocycles. The molecule has 1 saturated heterocycles. The van der Waals surface area contributed by atoms with Crippen molar-refractivity contribution in [3.63, 3.8) is 0 Å². The zero-order chi connectivity index (χ0) is 27.3. The number of aryl methyl sites for hydroxylation is 1. The van der Waals surface area contributed by atoms with Crippen LogP contribution in [-0.2, 0) is 27.2 Å². The van der Waals surface area contributed by atoms with E-state index in [-0.39, 0.29) is 23.9 Å². The third-order valence-electron chi connectivity index (χ3n) is 7.07. The summed E-state index contributed by atoms with van der Waals surface area (Å²) in [5.41, 5.74) is 3.44. The number of aliphatic carboxylic acids is 1. The van der Waals surface area contributed by atoms with E-state index in [1.807, 2.05) is 47.4 Å². The van der Waals surface area contributed by atoms with Gasteiger partial charge in [-0.1, -0.05) is 54.6 Å². The number of hydrogen-bond donors (Lipinski definition) is 3. The monoisotopic (exact) mass is 529 g/mol. The van der Waals surface area contributed by atoms with Crippen molar-refractivity contribution in [2.45, 2.75) is 43.9 Å². The van der Waals surface area contributed by atoms with E-state index in [1.165, 1.54) is 11.1 Å². The van der Waals surface area contributed by atoms with Crippen LogP contribution in [0.25, 0.3) is 0 Å². The Bertz CT molecular complexity index is 1190. The Balaban J connectivity index is 0.000000426. The number of carbonyl (C=O) groups excluding carboxylic acids is 2. The molecule has 10 heteroatoms. The average molecular weight is 530 g/mol. The quantitative estimate of drug-likeness (QED) is 0.477. The van der Waals surface area contributed by atoms with Crippen LogP contribution in [0.5, 0.6) is 0 Å². The predicted octanol–water partition coefficient (Wildman–Crippen LogP) is 3.49. The molecular formula is C28H30F3N3O4. The fourth-order valence-corrected chi connectivity index (χ4v) is 4.94. The second-order valence-corrected chi connectivity index (χ2v) is 9.72. The first-order valence-corrected chi connectivity index (χ1v) is 12.6. The van der Waals surface area contributed by atoms with E-state index in [2.05, 4.69) is 28.8 Å². The summed E-state index contributed by atoms with van der Waals surface area (Å²) in [7, 11) is 0. The number of hydrogen-bond acceptors (Lipinski definition) is 4. The van der Waals surface area contributed by atoms with Gasteiger partial charge in [-0.25, -0.2) is 4.79 Å². The molecule has 2 amide bonds. The molecule has 5 rings (SSSR count). The van der Waals surface area contributed by atoms with E-state index < -0.39 is 12.1 Å². The number of alkyl halides is 3. The number of carbonyl (C=O) groups is 3. The number of piperidine rings is 1. The lowest BCUT2D eigenvalue weighted by molar-refractivity contribution is -0.192. The van der Waals surface area contributed by atoms with Crippen molar-refractivity contribution in [3.8, 4) is 0 Å². The molecule has 38 heavy (non-hydrogen) atoms. The summed E-state index contributed by atoms with van der Waals surface area (Å²) >= 11 is 0. The van der Waals surface area contributed by atoms with Crippen LogP contribution >= 0.6 is 0 Å². The van der Waals surface area contributed by atoms with Crippen molar-refractivity contribution in [1.29, 1.82) is 0 Å². The fourth-order valence-electron chi connectivity index (χ4n) is 4.94. The van der Waals surface area contributed by atoms with Crippen LogP contribution in [0.15, 0.2) is 66.7 Å². The Kier molecular flexibility index (Phi) is 8.51. The lowest BCUT2D eigenvalue weighted by atomic mass is 10.0. The molecule has 3 aliphatic rings. The van der Waals surface area contributed by atoms with Crippen molar-refractivity contribution in [1.82, 2.24) is 10.6 Å². The van der Waals surface area contributed by atoms with E-state index in [0.717, 1.165) is 37.9 Å². The normalized spacial score (nSPS) is 22.2. The number of halogens is 3. The standard InChI is InChI=1S/C26H29N3O2.C2HF3O2/c30-24(29-15-14-19-8-4-5-9-23(19)29)13-12-21(11-10-18-6-2-1-3-7-18)28-26(31)25-22-16-20(22)17-27-25;3-2(4,5)1(6)7/h1-9,12-13,20-22,25,27H,10-11,14-17H2,(H,28,31);(H,6,7)/t20-,21+,22-,25+;/m1./s1. The minimum absolute atomic E-state index is 0.0230. The van der Waals surface area contributed by atoms with Crippen LogP contribution in [0.1, 0.15) is 24.0 Å². The summed E-state index contributed by atoms with van der Waals surface area (Å²) in [6, 6.07) is 18.1. The Morgan fingerprint density at radius 2 is 1.79 bits per heavy atom. The number of anilines is 1. The Morgan fingerprint density at radius 3 is 2.42 bits per heavy atom. The maximum atomic E-state index is 12.9. The molecule has 2 aliphatic heterocycles. The third-order valence-corrected chi connectivity index (χ3v) is 7.07. The molecule has 0 unspecified atom stereocenters. The number of nitrogens with zero attached hydrogens (tertiary/aromatic N) is 1. The second-order valence-electron chi connectivity index (χ2n) is 9.72. The summed E-state index contributed by atoms with van der Waals surface area (Å²) in [6.45, 7) is 1.65. The lowest BCUT2D eigenvalue weighted by Gasteiger charge is -2.20. The number of fused-ring (bicyclic) bond motifs is 2. The van der Waals surface area contributed by atoms with Gasteiger partial charge in [-0.15, -0.1) is 0 Å². The highest BCUT2D eigenvalue weighted by molar-refractivity contribution is 6.03. The van der Waals surface area contributed by atoms with Gasteiger partial charge in [0.2, 0.25) is 5.91 Å². The first-order valence-electron chi connectivity index (χ1n) is 12.6. The Hall–Kier alpha value is -3.66. The van der Waals surface area contributed by atoms with Gasteiger partial charge in [0.05, 0.1) is 6.04 Å². The van der Waals surface area contributed by atoms with E-state index >= 15 is 0 Å². The molecule has 0 spiro atoms. The van der Waals surface area contributed by atoms with Crippen molar-refractivity contribution in [2.75, 3.05) is 18.0 Å². The molecule has 2 aromatic carbocycles. The van der Waals surface area contributed by atoms with Gasteiger partial charge in [-0.2, -0.15) is 13.2 Å². The summed E-state index contributed by atoms with van der Waals surface area (Å²) in [5, 5.41) is 13.7. The van der Waals surface area contributed by atoms with Crippen molar-refractivity contribution in [3.05, 3.63) is 77.9 Å². The molecule has 0 bridgehead atoms. The van der Waals surface area contributed by atoms with E-state index in [4.69, 9.17) is 9.90 Å². The molecule has 202 valence electrons. The first kappa shape index (κ1) is 27.4. The van der Waals surface area contributed by atoms with Gasteiger partial charge in [0.15, 0.2) is 0 Å². The smallest absolute Gasteiger partial charge is 0.475 e. The molecule has 7 nitrogen and oxygen atoms in total. The minimum Gasteiger partial charge on any atom is -0.475 e. The molecule has 0 radical (unpaired) electrons. The summed E-state index contributed by atoms with van der Waals surface area (Å²) < 4.78 is 31.7. The summed E-state index contributed by atoms with van der Waals surface area (Å²) in [4.78, 5) is 36.5. The zero-order valence-corrected chi connectivity index (χ0v) is 20.7. The number of carboxylic acid groups (broad SMARTS) is 1. The minimum atomic E-state index is -5.08. The SMILES string of the molecule is O=C(N[C@H](C=CC(=O)N1CCc2ccccc21)CCc1ccccc1)[C@H]1NC[C@H]2C[C@H]21.O=C(O)C(F)(F)F. The first-order chi connectivity index (χ1) is 18.1. The van der Waals surface area contributed by atoms with Crippen LogP contribution < -0.4 is 15.5 Å². The van der Waals surface area contributed by atoms with Gasteiger partial charge < -0.3 is 20.6 Å². The van der Waals surface area contributed by atoms with Crippen LogP contribution in [-0.4, -0.2) is 54.2 Å². The molecule has 2 aromatic rings. The highest BCUT2D eigenvalue weighted by Crippen LogP contribution is 2.45. The largest absolute Gasteiger partial charge is 0.490 e. The molecule has 1 saturated carbocycles. The number of para-hydroxylation sites is 1. The average Bonchev–Trinajstić information content (AvgIpc) is 3.33. The van der Waals surface area contributed by atoms with E-state index in [1.54, 1.807) is 6.08 Å². The van der Waals surface area contributed by atoms with Gasteiger partial charge >= 0.3 is 12.1 Å². The summed E-state index contributed by atoms with van der Waals surface area (Å²) in [5.74, 6) is -1.56. The predicted molar refractivity (Wildman–Crippen MR) is 135 cm³/mol. The Labute approximate surface area is 218 Å². The van der Waals surface area contributed by atoms with Crippen molar-refractivity contribution >= 4 is 23.5 Å². The van der Waals surface area contributed by atoms with Crippen LogP contribution in [0.2, 0.25) is 0 Å². The van der Waals surface area contributed by atoms with E-state index in [0.29, 0.717) is 18.4 Å². The van der Waals surface area contributed by atoms with Crippen LogP contribution in [0, 0.1) is 11.8 Å². The second kappa shape index (κ2) is 11.8. The van der Waals surface area contributed by atoms with Crippen molar-refractivity contribution < 1.29 is 32.7 Å². The highest BCUT2D eigenvalue weighted by Gasteiger charge is 2.51. The van der Waals surface area contributed by atoms with Gasteiger partial charge in [-0.05, 0) is 61.3 Å². The van der Waals surface area contributed by atoms with Gasteiger partial charge in [0.1, 0.15) is 0 Å². The lowest BCUT2D eigenvalue weighted by Crippen LogP contribution is -2.46. The number of amides is 2. The van der Waals surface area contributed by atoms with Crippen LogP contribution in [0.3, 0.4) is 0 Å². The van der Waals surface area contributed by atoms with Gasteiger partial charge in [-0.3, -0.25) is 9.59 Å². The Morgan fingerprint density at radius 1 is 1.11 bits per heavy atom. The molecular weight excluding hydrogens is 499 g/mol. The highest BCUT2D eigenvalue weighted by atomic mass is 19.4. The maximum Gasteiger partial charge on any atom is 0.490 e. The third kappa shape index (κ3) is 7.00. The zero-order valence-electron chi connectivity index (χ0n) is 20.7.